The van der Waals surface area contributed by atoms with Gasteiger partial charge in [-0.05, 0) is 31.2 Å². The van der Waals surface area contributed by atoms with E-state index in [1.165, 1.54) is 12.8 Å². The number of nitrogens with one attached hydrogen (secondary N) is 1. The highest BCUT2D eigenvalue weighted by Crippen LogP contribution is 2.10. The molecule has 1 amide bonds. The zero-order valence-electron chi connectivity index (χ0n) is 13.6. The highest BCUT2D eigenvalue weighted by atomic mass is 16.5. The molecule has 0 aromatic heterocycles. The monoisotopic (exact) mass is 314 g/mol. The molecule has 0 fully saturated rings. The molecule has 0 bridgehead atoms. The summed E-state index contributed by atoms with van der Waals surface area (Å²) >= 11 is 0. The lowest BCUT2D eigenvalue weighted by molar-refractivity contribution is -0.122. The molecule has 1 aromatic carbocycles. The maximum Gasteiger partial charge on any atom is 0.237 e. The van der Waals surface area contributed by atoms with Crippen LogP contribution in [0.3, 0.4) is 0 Å². The Morgan fingerprint density at radius 1 is 1.30 bits per heavy atom. The number of benzene rings is 1. The van der Waals surface area contributed by atoms with Crippen LogP contribution in [-0.2, 0) is 16.0 Å². The van der Waals surface area contributed by atoms with Gasteiger partial charge in [0.25, 0.3) is 0 Å². The van der Waals surface area contributed by atoms with Gasteiger partial charge in [-0.2, -0.15) is 0 Å². The predicted molar refractivity (Wildman–Crippen MR) is 91.7 cm³/mol. The van der Waals surface area contributed by atoms with Gasteiger partial charge in [-0.1, -0.05) is 42.7 Å². The summed E-state index contributed by atoms with van der Waals surface area (Å²) in [5, 5.41) is 2.83. The van der Waals surface area contributed by atoms with Gasteiger partial charge in [0.2, 0.25) is 5.91 Å². The van der Waals surface area contributed by atoms with Crippen LogP contribution in [-0.4, -0.2) is 31.2 Å². The fraction of sp³-hybridized carbons (Fsp3) is 0.526. The smallest absolute Gasteiger partial charge is 0.237 e. The van der Waals surface area contributed by atoms with E-state index in [0.717, 1.165) is 24.8 Å². The second-order valence-corrected chi connectivity index (χ2v) is 5.87. The molecule has 1 aliphatic carbocycles. The molecule has 3 N–H and O–H groups in total. The Kier molecular flexibility index (Phi) is 7.65. The average molecular weight is 314 g/mol. The first-order chi connectivity index (χ1) is 11.3. The molecule has 4 nitrogen and oxygen atoms in total. The summed E-state index contributed by atoms with van der Waals surface area (Å²) in [6, 6.07) is 9.27. The van der Waals surface area contributed by atoms with Crippen molar-refractivity contribution < 1.29 is 9.53 Å². The minimum absolute atomic E-state index is 0.00481. The fourth-order valence-electron chi connectivity index (χ4n) is 2.57. The van der Waals surface area contributed by atoms with E-state index in [2.05, 4.69) is 17.2 Å². The number of hydrogen-bond acceptors (Lipinski definition) is 3. The van der Waals surface area contributed by atoms with E-state index in [1.807, 2.05) is 30.3 Å². The van der Waals surface area contributed by atoms with Gasteiger partial charge in [0.1, 0.15) is 6.10 Å². The summed E-state index contributed by atoms with van der Waals surface area (Å²) < 4.78 is 5.74. The van der Waals surface area contributed by atoms with Crippen LogP contribution in [0.4, 0.5) is 0 Å². The number of hydrogen-bond donors (Lipinski definition) is 2. The summed E-state index contributed by atoms with van der Waals surface area (Å²) in [5.74, 6) is 6.17. The van der Waals surface area contributed by atoms with Crippen LogP contribution in [0.1, 0.15) is 37.7 Å². The third-order valence-corrected chi connectivity index (χ3v) is 3.89. The molecule has 0 saturated heterocycles. The summed E-state index contributed by atoms with van der Waals surface area (Å²) in [5.41, 5.74) is 7.00. The van der Waals surface area contributed by atoms with E-state index in [-0.39, 0.29) is 12.0 Å². The first-order valence-corrected chi connectivity index (χ1v) is 8.43. The van der Waals surface area contributed by atoms with Crippen molar-refractivity contribution in [2.75, 3.05) is 13.2 Å². The summed E-state index contributed by atoms with van der Waals surface area (Å²) in [7, 11) is 0. The quantitative estimate of drug-likeness (QED) is 0.598. The maximum absolute atomic E-state index is 12.0. The molecule has 0 aliphatic heterocycles. The molecule has 0 spiro atoms. The molecular formula is C19H26N2O2. The van der Waals surface area contributed by atoms with Gasteiger partial charge < -0.3 is 15.8 Å². The number of carbonyl (C=O) groups excluding carboxylic acids is 1. The molecule has 1 aliphatic rings. The molecule has 0 saturated carbocycles. The number of amides is 1. The van der Waals surface area contributed by atoms with Crippen LogP contribution in [0.5, 0.6) is 0 Å². The minimum atomic E-state index is -0.529. The number of carbonyl (C=O) groups is 1. The molecule has 2 rings (SSSR count). The van der Waals surface area contributed by atoms with Crippen LogP contribution < -0.4 is 11.1 Å². The predicted octanol–water partition coefficient (Wildman–Crippen LogP) is 2.03. The van der Waals surface area contributed by atoms with Crippen molar-refractivity contribution in [2.24, 2.45) is 5.73 Å². The van der Waals surface area contributed by atoms with Gasteiger partial charge in [0, 0.05) is 13.0 Å². The molecular weight excluding hydrogens is 288 g/mol. The number of nitrogens with two attached hydrogens (primary N) is 1. The van der Waals surface area contributed by atoms with Crippen LogP contribution in [0.2, 0.25) is 0 Å². The van der Waals surface area contributed by atoms with Gasteiger partial charge >= 0.3 is 0 Å². The molecule has 23 heavy (non-hydrogen) atoms. The normalized spacial score (nSPS) is 18.9. The van der Waals surface area contributed by atoms with Crippen LogP contribution in [0, 0.1) is 11.8 Å². The third kappa shape index (κ3) is 6.85. The van der Waals surface area contributed by atoms with E-state index in [0.29, 0.717) is 19.6 Å². The van der Waals surface area contributed by atoms with E-state index in [1.54, 1.807) is 0 Å². The zero-order chi connectivity index (χ0) is 16.3. The first kappa shape index (κ1) is 17.5. The maximum atomic E-state index is 12.0. The average Bonchev–Trinajstić information content (AvgIpc) is 2.53. The van der Waals surface area contributed by atoms with E-state index >= 15 is 0 Å². The Morgan fingerprint density at radius 2 is 2.13 bits per heavy atom. The lowest BCUT2D eigenvalue weighted by Crippen LogP contribution is -2.43. The molecule has 124 valence electrons. The SMILES string of the molecule is N[C@@H](Cc1ccccc1)C(=O)NCCOC1C#CCCCCC1. The van der Waals surface area contributed by atoms with Crippen LogP contribution in [0.15, 0.2) is 30.3 Å². The Labute approximate surface area is 138 Å². The van der Waals surface area contributed by atoms with Gasteiger partial charge in [-0.25, -0.2) is 0 Å². The lowest BCUT2D eigenvalue weighted by Gasteiger charge is -2.15. The first-order valence-electron chi connectivity index (χ1n) is 8.43. The zero-order valence-corrected chi connectivity index (χ0v) is 13.6. The Bertz CT molecular complexity index is 533. The second-order valence-electron chi connectivity index (χ2n) is 5.87. The Balaban J connectivity index is 1.64. The minimum Gasteiger partial charge on any atom is -0.364 e. The van der Waals surface area contributed by atoms with E-state index < -0.39 is 6.04 Å². The summed E-state index contributed by atoms with van der Waals surface area (Å²) in [4.78, 5) is 12.0. The fourth-order valence-corrected chi connectivity index (χ4v) is 2.57. The Morgan fingerprint density at radius 3 is 2.96 bits per heavy atom. The van der Waals surface area contributed by atoms with Crippen molar-refractivity contribution in [1.82, 2.24) is 5.32 Å². The Hall–Kier alpha value is -1.83. The second kappa shape index (κ2) is 10.0. The van der Waals surface area contributed by atoms with E-state index in [4.69, 9.17) is 10.5 Å². The van der Waals surface area contributed by atoms with Gasteiger partial charge in [0.15, 0.2) is 0 Å². The van der Waals surface area contributed by atoms with Crippen molar-refractivity contribution in [1.29, 1.82) is 0 Å². The summed E-state index contributed by atoms with van der Waals surface area (Å²) in [6.07, 6.45) is 6.06. The van der Waals surface area contributed by atoms with E-state index in [9.17, 15) is 4.79 Å². The van der Waals surface area contributed by atoms with Crippen molar-refractivity contribution in [3.05, 3.63) is 35.9 Å². The van der Waals surface area contributed by atoms with Gasteiger partial charge in [-0.15, -0.1) is 5.92 Å². The molecule has 1 unspecified atom stereocenters. The van der Waals surface area contributed by atoms with Gasteiger partial charge in [-0.3, -0.25) is 4.79 Å². The molecule has 2 atom stereocenters. The van der Waals surface area contributed by atoms with Crippen molar-refractivity contribution in [3.63, 3.8) is 0 Å². The van der Waals surface area contributed by atoms with Crippen molar-refractivity contribution >= 4 is 5.91 Å². The molecule has 0 radical (unpaired) electrons. The highest BCUT2D eigenvalue weighted by Gasteiger charge is 2.13. The summed E-state index contributed by atoms with van der Waals surface area (Å²) in [6.45, 7) is 0.947. The van der Waals surface area contributed by atoms with Gasteiger partial charge in [0.05, 0.1) is 12.6 Å². The standard InChI is InChI=1S/C19H26N2O2/c20-18(15-16-9-5-4-6-10-16)19(22)21-13-14-23-17-11-7-2-1-3-8-12-17/h4-6,9-10,17-18H,1-3,7,11,13-15,20H2,(H,21,22)/t17?,18-/m0/s1. The van der Waals surface area contributed by atoms with Crippen molar-refractivity contribution in [2.45, 2.75) is 50.7 Å². The molecule has 4 heteroatoms. The number of rotatable bonds is 7. The topological polar surface area (TPSA) is 64.4 Å². The molecule has 0 heterocycles. The highest BCUT2D eigenvalue weighted by molar-refractivity contribution is 5.81. The number of ether oxygens (including phenoxy) is 1. The van der Waals surface area contributed by atoms with Crippen LogP contribution >= 0.6 is 0 Å². The largest absolute Gasteiger partial charge is 0.364 e. The molecule has 1 aromatic rings. The lowest BCUT2D eigenvalue weighted by atomic mass is 10.1. The van der Waals surface area contributed by atoms with Crippen LogP contribution in [0.25, 0.3) is 0 Å². The van der Waals surface area contributed by atoms with Crippen molar-refractivity contribution in [3.8, 4) is 11.8 Å². The third-order valence-electron chi connectivity index (χ3n) is 3.89.